The molecule has 26 heavy (non-hydrogen) atoms. The molecule has 2 amide bonds. The third kappa shape index (κ3) is 3.47. The number of hydrogen-bond acceptors (Lipinski definition) is 4. The number of hydrogen-bond donors (Lipinski definition) is 3. The van der Waals surface area contributed by atoms with E-state index in [9.17, 15) is 4.79 Å². The largest absolute Gasteiger partial charge is 0.323 e. The molecule has 128 valence electrons. The predicted molar refractivity (Wildman–Crippen MR) is 104 cm³/mol. The highest BCUT2D eigenvalue weighted by molar-refractivity contribution is 7.08. The van der Waals surface area contributed by atoms with E-state index in [0.717, 1.165) is 28.1 Å². The van der Waals surface area contributed by atoms with Gasteiger partial charge >= 0.3 is 6.03 Å². The number of aromatic nitrogens is 3. The second-order valence-electron chi connectivity index (χ2n) is 5.56. The first kappa shape index (κ1) is 16.0. The maximum atomic E-state index is 12.1. The molecule has 0 atom stereocenters. The van der Waals surface area contributed by atoms with Crippen LogP contribution in [0.15, 0.2) is 71.8 Å². The summed E-state index contributed by atoms with van der Waals surface area (Å²) in [5.41, 5.74) is 5.20. The van der Waals surface area contributed by atoms with Crippen LogP contribution in [0.2, 0.25) is 0 Å². The normalized spacial score (nSPS) is 10.5. The average molecular weight is 361 g/mol. The fraction of sp³-hybridized carbons (Fsp3) is 0. The van der Waals surface area contributed by atoms with Crippen LogP contribution in [0.1, 0.15) is 0 Å². The van der Waals surface area contributed by atoms with E-state index in [1.54, 1.807) is 12.4 Å². The van der Waals surface area contributed by atoms with Crippen LogP contribution in [-0.4, -0.2) is 21.2 Å². The molecule has 0 aliphatic rings. The van der Waals surface area contributed by atoms with E-state index in [1.165, 1.54) is 11.3 Å². The van der Waals surface area contributed by atoms with Crippen molar-refractivity contribution in [3.05, 3.63) is 71.8 Å². The van der Waals surface area contributed by atoms with Gasteiger partial charge in [0, 0.05) is 40.8 Å². The number of aromatic amines is 1. The van der Waals surface area contributed by atoms with Crippen molar-refractivity contribution in [2.24, 2.45) is 0 Å². The lowest BCUT2D eigenvalue weighted by Gasteiger charge is -2.08. The Morgan fingerprint density at radius 3 is 2.65 bits per heavy atom. The van der Waals surface area contributed by atoms with Gasteiger partial charge in [0.25, 0.3) is 0 Å². The van der Waals surface area contributed by atoms with Gasteiger partial charge in [0.2, 0.25) is 0 Å². The van der Waals surface area contributed by atoms with Gasteiger partial charge in [-0.1, -0.05) is 12.1 Å². The first-order chi connectivity index (χ1) is 12.8. The lowest BCUT2D eigenvalue weighted by atomic mass is 10.0. The van der Waals surface area contributed by atoms with E-state index < -0.39 is 0 Å². The Balaban J connectivity index is 1.57. The molecule has 0 unspecified atom stereocenters. The molecule has 6 nitrogen and oxygen atoms in total. The summed E-state index contributed by atoms with van der Waals surface area (Å²) in [6.45, 7) is 0. The molecule has 4 rings (SSSR count). The molecule has 7 heteroatoms. The van der Waals surface area contributed by atoms with Crippen molar-refractivity contribution in [3.8, 4) is 22.4 Å². The number of carbonyl (C=O) groups excluding carboxylic acids is 1. The van der Waals surface area contributed by atoms with Gasteiger partial charge in [0.15, 0.2) is 0 Å². The third-order valence-corrected chi connectivity index (χ3v) is 4.49. The smallest absolute Gasteiger partial charge is 0.308 e. The molecule has 3 heterocycles. The molecule has 0 radical (unpaired) electrons. The van der Waals surface area contributed by atoms with Crippen molar-refractivity contribution >= 4 is 28.7 Å². The lowest BCUT2D eigenvalue weighted by molar-refractivity contribution is 0.262. The highest BCUT2D eigenvalue weighted by atomic mass is 32.1. The van der Waals surface area contributed by atoms with Gasteiger partial charge in [-0.3, -0.25) is 10.1 Å². The summed E-state index contributed by atoms with van der Waals surface area (Å²) in [6.07, 6.45) is 5.35. The summed E-state index contributed by atoms with van der Waals surface area (Å²) in [4.78, 5) is 16.2. The van der Waals surface area contributed by atoms with Gasteiger partial charge in [-0.2, -0.15) is 16.4 Å². The van der Waals surface area contributed by atoms with Gasteiger partial charge in [-0.15, -0.1) is 0 Å². The fourth-order valence-corrected chi connectivity index (χ4v) is 3.22. The number of carbonyl (C=O) groups is 1. The Kier molecular flexibility index (Phi) is 4.44. The van der Waals surface area contributed by atoms with Crippen molar-refractivity contribution in [1.82, 2.24) is 15.2 Å². The molecular formula is C19H15N5OS. The van der Waals surface area contributed by atoms with E-state index >= 15 is 0 Å². The topological polar surface area (TPSA) is 82.7 Å². The summed E-state index contributed by atoms with van der Waals surface area (Å²) in [5, 5.41) is 16.7. The van der Waals surface area contributed by atoms with Crippen LogP contribution < -0.4 is 10.6 Å². The molecule has 0 spiro atoms. The third-order valence-electron chi connectivity index (χ3n) is 3.80. The van der Waals surface area contributed by atoms with E-state index in [4.69, 9.17) is 0 Å². The predicted octanol–water partition coefficient (Wildman–Crippen LogP) is 4.84. The number of H-pyrrole nitrogens is 1. The maximum Gasteiger partial charge on any atom is 0.323 e. The maximum absolute atomic E-state index is 12.1. The van der Waals surface area contributed by atoms with Gasteiger partial charge in [-0.25, -0.2) is 4.79 Å². The van der Waals surface area contributed by atoms with Gasteiger partial charge in [0.1, 0.15) is 0 Å². The Labute approximate surface area is 153 Å². The molecule has 0 bridgehead atoms. The zero-order valence-electron chi connectivity index (χ0n) is 13.6. The van der Waals surface area contributed by atoms with Gasteiger partial charge in [-0.05, 0) is 41.3 Å². The number of benzene rings is 1. The van der Waals surface area contributed by atoms with Crippen LogP contribution in [0.5, 0.6) is 0 Å². The molecule has 0 fully saturated rings. The second-order valence-corrected chi connectivity index (χ2v) is 6.34. The molecule has 0 saturated heterocycles. The monoisotopic (exact) mass is 361 g/mol. The summed E-state index contributed by atoms with van der Waals surface area (Å²) in [7, 11) is 0. The number of thiophene rings is 1. The van der Waals surface area contributed by atoms with Crippen LogP contribution in [0.25, 0.3) is 22.4 Å². The van der Waals surface area contributed by atoms with Crippen molar-refractivity contribution in [3.63, 3.8) is 0 Å². The second kappa shape index (κ2) is 7.20. The zero-order chi connectivity index (χ0) is 17.8. The molecular weight excluding hydrogens is 346 g/mol. The Bertz CT molecular complexity index is 1010. The van der Waals surface area contributed by atoms with Crippen LogP contribution >= 0.6 is 11.3 Å². The summed E-state index contributed by atoms with van der Waals surface area (Å²) in [5.74, 6) is 0. The number of rotatable bonds is 4. The molecule has 3 aromatic heterocycles. The minimum Gasteiger partial charge on any atom is -0.308 e. The van der Waals surface area contributed by atoms with Crippen molar-refractivity contribution in [2.45, 2.75) is 0 Å². The standard InChI is InChI=1S/C19H15N5OS/c25-19(23-16-6-9-26-12-16)22-15-3-1-2-14(10-15)18-17(11-21-24-18)13-4-7-20-8-5-13/h1-12H,(H,21,24)(H2,22,23,25). The highest BCUT2D eigenvalue weighted by Crippen LogP contribution is 2.31. The minimum absolute atomic E-state index is 0.281. The number of amides is 2. The first-order valence-corrected chi connectivity index (χ1v) is 8.89. The molecule has 0 aliphatic carbocycles. The molecule has 3 N–H and O–H groups in total. The van der Waals surface area contributed by atoms with Crippen LogP contribution in [-0.2, 0) is 0 Å². The highest BCUT2D eigenvalue weighted by Gasteiger charge is 2.11. The van der Waals surface area contributed by atoms with E-state index in [1.807, 2.05) is 59.4 Å². The van der Waals surface area contributed by atoms with Crippen LogP contribution in [0.3, 0.4) is 0 Å². The number of anilines is 2. The van der Waals surface area contributed by atoms with E-state index in [0.29, 0.717) is 5.69 Å². The number of nitrogens with zero attached hydrogens (tertiary/aromatic N) is 2. The average Bonchev–Trinajstić information content (AvgIpc) is 3.34. The van der Waals surface area contributed by atoms with Crippen LogP contribution in [0, 0.1) is 0 Å². The van der Waals surface area contributed by atoms with Crippen LogP contribution in [0.4, 0.5) is 16.2 Å². The molecule has 1 aromatic carbocycles. The SMILES string of the molecule is O=C(Nc1ccsc1)Nc1cccc(-c2n[nH]cc2-c2ccncc2)c1. The van der Waals surface area contributed by atoms with E-state index in [-0.39, 0.29) is 6.03 Å². The summed E-state index contributed by atoms with van der Waals surface area (Å²) in [6, 6.07) is 13.0. The Morgan fingerprint density at radius 2 is 1.85 bits per heavy atom. The zero-order valence-corrected chi connectivity index (χ0v) is 14.5. The van der Waals surface area contributed by atoms with Gasteiger partial charge < -0.3 is 10.6 Å². The minimum atomic E-state index is -0.281. The molecule has 0 saturated carbocycles. The number of urea groups is 1. The number of nitrogens with one attached hydrogen (secondary N) is 3. The summed E-state index contributed by atoms with van der Waals surface area (Å²) >= 11 is 1.53. The number of pyridine rings is 1. The van der Waals surface area contributed by atoms with Crippen molar-refractivity contribution in [2.75, 3.05) is 10.6 Å². The van der Waals surface area contributed by atoms with Crippen molar-refractivity contribution in [1.29, 1.82) is 0 Å². The lowest BCUT2D eigenvalue weighted by Crippen LogP contribution is -2.18. The Hall–Kier alpha value is -3.45. The summed E-state index contributed by atoms with van der Waals surface area (Å²) < 4.78 is 0. The fourth-order valence-electron chi connectivity index (χ4n) is 2.63. The van der Waals surface area contributed by atoms with E-state index in [2.05, 4.69) is 25.8 Å². The Morgan fingerprint density at radius 1 is 1.00 bits per heavy atom. The molecule has 0 aliphatic heterocycles. The molecule has 4 aromatic rings. The quantitative estimate of drug-likeness (QED) is 0.486. The van der Waals surface area contributed by atoms with Crippen molar-refractivity contribution < 1.29 is 4.79 Å². The van der Waals surface area contributed by atoms with Gasteiger partial charge in [0.05, 0.1) is 11.4 Å². The first-order valence-electron chi connectivity index (χ1n) is 7.94.